The molecule has 3 nitrogen and oxygen atoms in total. The standard InChI is InChI=1S/C15H13BrCl2N2O/c16-11-3-1-10(2-4-11)7-8-19-15(21)20-12-5-6-13(17)14(18)9-12/h1-6,9H,7-8H2,(H2,19,20,21). The van der Waals surface area contributed by atoms with E-state index >= 15 is 0 Å². The predicted octanol–water partition coefficient (Wildman–Crippen LogP) is 5.12. The molecule has 2 amide bonds. The molecule has 2 aromatic rings. The van der Waals surface area contributed by atoms with E-state index < -0.39 is 0 Å². The average Bonchev–Trinajstić information content (AvgIpc) is 2.45. The highest BCUT2D eigenvalue weighted by atomic mass is 79.9. The largest absolute Gasteiger partial charge is 0.338 e. The van der Waals surface area contributed by atoms with Gasteiger partial charge in [0.15, 0.2) is 0 Å². The van der Waals surface area contributed by atoms with Crippen LogP contribution < -0.4 is 10.6 Å². The number of anilines is 1. The van der Waals surface area contributed by atoms with Gasteiger partial charge in [0.25, 0.3) is 0 Å². The van der Waals surface area contributed by atoms with Crippen LogP contribution in [0.25, 0.3) is 0 Å². The summed E-state index contributed by atoms with van der Waals surface area (Å²) in [6.45, 7) is 0.550. The third-order valence-corrected chi connectivity index (χ3v) is 4.06. The molecule has 0 aliphatic heterocycles. The highest BCUT2D eigenvalue weighted by Gasteiger charge is 2.04. The van der Waals surface area contributed by atoms with E-state index in [1.165, 1.54) is 0 Å². The molecule has 0 bridgehead atoms. The van der Waals surface area contributed by atoms with E-state index in [0.717, 1.165) is 16.5 Å². The van der Waals surface area contributed by atoms with Gasteiger partial charge >= 0.3 is 6.03 Å². The molecule has 0 aliphatic carbocycles. The van der Waals surface area contributed by atoms with Crippen LogP contribution in [0.5, 0.6) is 0 Å². The van der Waals surface area contributed by atoms with Crippen molar-refractivity contribution in [3.8, 4) is 0 Å². The lowest BCUT2D eigenvalue weighted by Gasteiger charge is -2.08. The number of benzene rings is 2. The van der Waals surface area contributed by atoms with Crippen LogP contribution in [0, 0.1) is 0 Å². The number of rotatable bonds is 4. The Morgan fingerprint density at radius 2 is 1.76 bits per heavy atom. The van der Waals surface area contributed by atoms with Crippen LogP contribution >= 0.6 is 39.1 Å². The second-order valence-corrected chi connectivity index (χ2v) is 6.12. The summed E-state index contributed by atoms with van der Waals surface area (Å²) in [4.78, 5) is 11.7. The number of amides is 2. The lowest BCUT2D eigenvalue weighted by Crippen LogP contribution is -2.30. The van der Waals surface area contributed by atoms with Crippen molar-refractivity contribution in [3.63, 3.8) is 0 Å². The van der Waals surface area contributed by atoms with Crippen molar-refractivity contribution in [1.82, 2.24) is 5.32 Å². The maximum atomic E-state index is 11.7. The van der Waals surface area contributed by atoms with E-state index in [4.69, 9.17) is 23.2 Å². The Hall–Kier alpha value is -1.23. The molecule has 2 N–H and O–H groups in total. The smallest absolute Gasteiger partial charge is 0.319 e. The molecule has 0 atom stereocenters. The lowest BCUT2D eigenvalue weighted by molar-refractivity contribution is 0.252. The number of halogens is 3. The van der Waals surface area contributed by atoms with Crippen LogP contribution in [0.2, 0.25) is 10.0 Å². The minimum absolute atomic E-state index is 0.273. The molecule has 0 heterocycles. The molecule has 0 radical (unpaired) electrons. The van der Waals surface area contributed by atoms with Gasteiger partial charge in [-0.1, -0.05) is 51.3 Å². The highest BCUT2D eigenvalue weighted by Crippen LogP contribution is 2.24. The summed E-state index contributed by atoms with van der Waals surface area (Å²) in [5.74, 6) is 0. The van der Waals surface area contributed by atoms with Gasteiger partial charge < -0.3 is 10.6 Å². The third kappa shape index (κ3) is 5.23. The number of urea groups is 1. The number of hydrogen-bond acceptors (Lipinski definition) is 1. The van der Waals surface area contributed by atoms with Crippen molar-refractivity contribution in [2.24, 2.45) is 0 Å². The quantitative estimate of drug-likeness (QED) is 0.750. The molecule has 0 fully saturated rings. The monoisotopic (exact) mass is 386 g/mol. The molecule has 0 spiro atoms. The zero-order chi connectivity index (χ0) is 15.2. The molecule has 110 valence electrons. The van der Waals surface area contributed by atoms with E-state index in [0.29, 0.717) is 22.3 Å². The second-order valence-electron chi connectivity index (χ2n) is 4.39. The summed E-state index contributed by atoms with van der Waals surface area (Å²) >= 11 is 15.1. The summed E-state index contributed by atoms with van der Waals surface area (Å²) < 4.78 is 1.04. The lowest BCUT2D eigenvalue weighted by atomic mass is 10.1. The minimum atomic E-state index is -0.273. The molecule has 0 saturated heterocycles. The van der Waals surface area contributed by atoms with Crippen LogP contribution in [-0.4, -0.2) is 12.6 Å². The first-order valence-electron chi connectivity index (χ1n) is 6.29. The summed E-state index contributed by atoms with van der Waals surface area (Å²) in [7, 11) is 0. The Bertz CT molecular complexity index is 632. The molecule has 0 unspecified atom stereocenters. The summed E-state index contributed by atoms with van der Waals surface area (Å²) in [6, 6.07) is 12.7. The number of nitrogens with one attached hydrogen (secondary N) is 2. The van der Waals surface area contributed by atoms with Gasteiger partial charge in [-0.2, -0.15) is 0 Å². The first-order valence-corrected chi connectivity index (χ1v) is 7.84. The van der Waals surface area contributed by atoms with Gasteiger partial charge in [0.2, 0.25) is 0 Å². The van der Waals surface area contributed by atoms with Crippen molar-refractivity contribution in [3.05, 3.63) is 62.5 Å². The number of hydrogen-bond donors (Lipinski definition) is 2. The molecule has 0 aliphatic rings. The Morgan fingerprint density at radius 3 is 2.43 bits per heavy atom. The third-order valence-electron chi connectivity index (χ3n) is 2.79. The molecule has 0 aromatic heterocycles. The van der Waals surface area contributed by atoms with E-state index in [9.17, 15) is 4.79 Å². The van der Waals surface area contributed by atoms with Crippen molar-refractivity contribution in [2.75, 3.05) is 11.9 Å². The first-order chi connectivity index (χ1) is 10.0. The van der Waals surface area contributed by atoms with Gasteiger partial charge in [0, 0.05) is 16.7 Å². The summed E-state index contributed by atoms with van der Waals surface area (Å²) in [6.07, 6.45) is 0.766. The van der Waals surface area contributed by atoms with Crippen molar-refractivity contribution in [2.45, 2.75) is 6.42 Å². The summed E-state index contributed by atoms with van der Waals surface area (Å²) in [5.41, 5.74) is 1.76. The number of carbonyl (C=O) groups excluding carboxylic acids is 1. The molecule has 21 heavy (non-hydrogen) atoms. The second kappa shape index (κ2) is 7.69. The molecule has 2 rings (SSSR count). The van der Waals surface area contributed by atoms with Gasteiger partial charge in [0.1, 0.15) is 0 Å². The summed E-state index contributed by atoms with van der Waals surface area (Å²) in [5, 5.41) is 6.36. The van der Waals surface area contributed by atoms with Crippen LogP contribution in [0.15, 0.2) is 46.9 Å². The molecule has 0 saturated carbocycles. The Balaban J connectivity index is 1.79. The van der Waals surface area contributed by atoms with E-state index in [1.807, 2.05) is 24.3 Å². The maximum absolute atomic E-state index is 11.7. The van der Waals surface area contributed by atoms with Crippen molar-refractivity contribution in [1.29, 1.82) is 0 Å². The predicted molar refractivity (Wildman–Crippen MR) is 91.3 cm³/mol. The van der Waals surface area contributed by atoms with Crippen LogP contribution in [0.3, 0.4) is 0 Å². The Kier molecular flexibility index (Phi) is 5.91. The SMILES string of the molecule is O=C(NCCc1ccc(Br)cc1)Nc1ccc(Cl)c(Cl)c1. The van der Waals surface area contributed by atoms with Crippen molar-refractivity contribution < 1.29 is 4.79 Å². The molecular weight excluding hydrogens is 375 g/mol. The highest BCUT2D eigenvalue weighted by molar-refractivity contribution is 9.10. The molecule has 6 heteroatoms. The fourth-order valence-corrected chi connectivity index (χ4v) is 2.28. The van der Waals surface area contributed by atoms with Gasteiger partial charge in [0.05, 0.1) is 10.0 Å². The topological polar surface area (TPSA) is 41.1 Å². The Morgan fingerprint density at radius 1 is 1.05 bits per heavy atom. The van der Waals surface area contributed by atoms with Gasteiger partial charge in [-0.15, -0.1) is 0 Å². The van der Waals surface area contributed by atoms with Gasteiger partial charge in [-0.05, 0) is 42.3 Å². The maximum Gasteiger partial charge on any atom is 0.319 e. The van der Waals surface area contributed by atoms with Gasteiger partial charge in [-0.3, -0.25) is 0 Å². The molecule has 2 aromatic carbocycles. The van der Waals surface area contributed by atoms with Crippen LogP contribution in [0.4, 0.5) is 10.5 Å². The normalized spacial score (nSPS) is 10.2. The van der Waals surface area contributed by atoms with Gasteiger partial charge in [-0.25, -0.2) is 4.79 Å². The van der Waals surface area contributed by atoms with Crippen LogP contribution in [0.1, 0.15) is 5.56 Å². The minimum Gasteiger partial charge on any atom is -0.338 e. The molecular formula is C15H13BrCl2N2O. The zero-order valence-electron chi connectivity index (χ0n) is 11.0. The first kappa shape index (κ1) is 16.1. The fraction of sp³-hybridized carbons (Fsp3) is 0.133. The van der Waals surface area contributed by atoms with E-state index in [2.05, 4.69) is 26.6 Å². The van der Waals surface area contributed by atoms with E-state index in [-0.39, 0.29) is 6.03 Å². The number of carbonyl (C=O) groups is 1. The van der Waals surface area contributed by atoms with Crippen molar-refractivity contribution >= 4 is 50.9 Å². The van der Waals surface area contributed by atoms with E-state index in [1.54, 1.807) is 18.2 Å². The average molecular weight is 388 g/mol. The fourth-order valence-electron chi connectivity index (χ4n) is 1.72. The zero-order valence-corrected chi connectivity index (χ0v) is 14.1. The Labute approximate surface area is 141 Å². The van der Waals surface area contributed by atoms with Crippen LogP contribution in [-0.2, 0) is 6.42 Å².